The van der Waals surface area contributed by atoms with Crippen molar-refractivity contribution in [1.29, 1.82) is 0 Å². The molecule has 4 aromatic carbocycles. The van der Waals surface area contributed by atoms with Crippen LogP contribution in [0, 0.1) is 13.1 Å². The number of carboxylic acid groups (broad SMARTS) is 6. The molecule has 69 heavy (non-hydrogen) atoms. The fourth-order valence-electron chi connectivity index (χ4n) is 5.52. The number of hydrogen-bond acceptors (Lipinski definition) is 20. The molecule has 1 aromatic heterocycles. The number of aliphatic carboxylic acids is 2. The van der Waals surface area contributed by atoms with Crippen molar-refractivity contribution in [1.82, 2.24) is 15.0 Å². The Labute approximate surface area is 413 Å². The maximum atomic E-state index is 12.2. The van der Waals surface area contributed by atoms with Crippen LogP contribution in [0.3, 0.4) is 0 Å². The van der Waals surface area contributed by atoms with Crippen LogP contribution in [-0.2, 0) is 19.7 Å². The van der Waals surface area contributed by atoms with Crippen molar-refractivity contribution in [3.8, 4) is 11.5 Å². The number of benzene rings is 4. The Morgan fingerprint density at radius 1 is 0.623 bits per heavy atom. The smallest absolute Gasteiger partial charge is 0.335 e. The maximum Gasteiger partial charge on any atom is 0.335 e. The van der Waals surface area contributed by atoms with Crippen LogP contribution in [-0.4, -0.2) is 118 Å². The molecule has 0 bridgehead atoms. The van der Waals surface area contributed by atoms with Crippen molar-refractivity contribution in [2.24, 2.45) is 26.4 Å². The van der Waals surface area contributed by atoms with Crippen LogP contribution in [0.25, 0.3) is 0 Å². The van der Waals surface area contributed by atoms with Crippen LogP contribution >= 0.6 is 45.2 Å². The van der Waals surface area contributed by atoms with Crippen molar-refractivity contribution in [2.45, 2.75) is 19.4 Å². The average Bonchev–Trinajstić information content (AvgIpc) is 3.26. The van der Waals surface area contributed by atoms with Gasteiger partial charge in [-0.25, -0.2) is 24.0 Å². The van der Waals surface area contributed by atoms with Gasteiger partial charge in [0.25, 0.3) is 10.1 Å². The van der Waals surface area contributed by atoms with Crippen LogP contribution in [0.2, 0.25) is 0 Å². The molecule has 0 aliphatic heterocycles. The van der Waals surface area contributed by atoms with E-state index < -0.39 is 92.4 Å². The van der Waals surface area contributed by atoms with Gasteiger partial charge in [0.15, 0.2) is 0 Å². The zero-order valence-corrected chi connectivity index (χ0v) is 39.7. The van der Waals surface area contributed by atoms with Crippen molar-refractivity contribution in [3.63, 3.8) is 0 Å². The third-order valence-electron chi connectivity index (χ3n) is 8.86. The largest absolute Gasteiger partial charge is 0.506 e. The van der Waals surface area contributed by atoms with Crippen molar-refractivity contribution < 1.29 is 82.2 Å². The molecule has 0 radical (unpaired) electrons. The number of phenols is 1. The van der Waals surface area contributed by atoms with Gasteiger partial charge in [0, 0.05) is 19.3 Å². The lowest BCUT2D eigenvalue weighted by Crippen LogP contribution is -2.40. The third kappa shape index (κ3) is 14.6. The molecule has 30 heteroatoms. The molecule has 0 aliphatic carbocycles. The van der Waals surface area contributed by atoms with E-state index in [1.54, 1.807) is 0 Å². The normalized spacial score (nSPS) is 12.3. The van der Waals surface area contributed by atoms with Gasteiger partial charge in [-0.1, -0.05) is 0 Å². The van der Waals surface area contributed by atoms with E-state index in [-0.39, 0.29) is 70.0 Å². The van der Waals surface area contributed by atoms with Gasteiger partial charge >= 0.3 is 35.8 Å². The molecule has 0 spiro atoms. The number of azo groups is 2. The van der Waals surface area contributed by atoms with E-state index in [1.165, 1.54) is 18.2 Å². The number of anilines is 5. The molecule has 360 valence electrons. The van der Waals surface area contributed by atoms with Crippen LogP contribution < -0.4 is 20.7 Å². The maximum absolute atomic E-state index is 12.2. The van der Waals surface area contributed by atoms with Crippen LogP contribution in [0.15, 0.2) is 81.1 Å². The van der Waals surface area contributed by atoms with E-state index in [0.717, 1.165) is 49.4 Å². The number of halogens is 2. The standard InChI is InChI=1S/C39H32I2N10O17S/c1-15(31(53)54)30(36(63)64)44-39-46-37(42-26-11-22(40)24(13-28(26)52)50-48-20-7-16(32(55)56)5-17(8-20)33(57)58)45-38(47-39)43-27-12-23(41)25(14-29(27)68-3-2-4-69(65,66)67)51-49-21-9-18(34(59)60)6-19(10-21)35(61)62/h5-15,30,52H,2-4H2,1H3,(H,53,54)(H,55,56)(H,57,58)(H,59,60)(H,61,62)(H,63,64)(H,65,66,67)(H3,42,43,44,45,46,47). The Bertz CT molecular complexity index is 3020. The predicted octanol–water partition coefficient (Wildman–Crippen LogP) is 7.14. The van der Waals surface area contributed by atoms with Gasteiger partial charge < -0.3 is 56.4 Å². The molecule has 0 amide bonds. The summed E-state index contributed by atoms with van der Waals surface area (Å²) in [4.78, 5) is 83.1. The number of aromatic carboxylic acids is 4. The highest BCUT2D eigenvalue weighted by molar-refractivity contribution is 14.1. The first-order chi connectivity index (χ1) is 32.4. The summed E-state index contributed by atoms with van der Waals surface area (Å²) in [5.74, 6) is -12.9. The first-order valence-corrected chi connectivity index (χ1v) is 22.7. The molecule has 2 atom stereocenters. The topological polar surface area (TPSA) is 432 Å². The Balaban J connectivity index is 1.56. The minimum atomic E-state index is -4.40. The van der Waals surface area contributed by atoms with Crippen molar-refractivity contribution in [2.75, 3.05) is 28.3 Å². The molecule has 5 rings (SSSR count). The van der Waals surface area contributed by atoms with Gasteiger partial charge in [-0.2, -0.15) is 33.6 Å². The molecule has 27 nitrogen and oxygen atoms in total. The van der Waals surface area contributed by atoms with Crippen molar-refractivity contribution in [3.05, 3.63) is 90.1 Å². The number of nitrogens with zero attached hydrogens (tertiary/aromatic N) is 7. The number of carboxylic acids is 6. The fourth-order valence-corrected chi connectivity index (χ4v) is 7.15. The second-order valence-electron chi connectivity index (χ2n) is 13.9. The molecule has 0 aliphatic rings. The Kier molecular flexibility index (Phi) is 17.0. The van der Waals surface area contributed by atoms with Gasteiger partial charge in [0.2, 0.25) is 17.8 Å². The number of rotatable bonds is 22. The van der Waals surface area contributed by atoms with Gasteiger partial charge in [0.1, 0.15) is 28.9 Å². The van der Waals surface area contributed by atoms with E-state index in [2.05, 4.69) is 51.4 Å². The number of hydrogen-bond donors (Lipinski definition) is 11. The van der Waals surface area contributed by atoms with Crippen LogP contribution in [0.1, 0.15) is 54.8 Å². The summed E-state index contributed by atoms with van der Waals surface area (Å²) in [5, 5.41) is 92.4. The first kappa shape index (κ1) is 52.3. The molecule has 0 saturated heterocycles. The van der Waals surface area contributed by atoms with E-state index in [1.807, 2.05) is 45.2 Å². The lowest BCUT2D eigenvalue weighted by molar-refractivity contribution is -0.148. The highest BCUT2D eigenvalue weighted by Gasteiger charge is 2.31. The molecule has 0 saturated carbocycles. The monoisotopic (exact) mass is 1200 g/mol. The lowest BCUT2D eigenvalue weighted by atomic mass is 10.0. The number of phenolic OH excluding ortho intramolecular Hbond substituents is 1. The molecule has 2 unspecified atom stereocenters. The van der Waals surface area contributed by atoms with Crippen LogP contribution in [0.4, 0.5) is 52.0 Å². The number of nitrogens with one attached hydrogen (secondary N) is 3. The zero-order chi connectivity index (χ0) is 50.9. The SMILES string of the molecule is CC(C(=O)O)C(Nc1nc(Nc2cc(I)c(N=Nc3cc(C(=O)O)cc(C(=O)O)c3)cc2O)nc(Nc2cc(I)c(N=Nc3cc(C(=O)O)cc(C(=O)O)c3)cc2OCCCS(=O)(=O)O)n1)C(=O)O. The summed E-state index contributed by atoms with van der Waals surface area (Å²) in [6.07, 6.45) is -0.223. The summed E-state index contributed by atoms with van der Waals surface area (Å²) < 4.78 is 38.5. The highest BCUT2D eigenvalue weighted by atomic mass is 127. The highest BCUT2D eigenvalue weighted by Crippen LogP contribution is 2.38. The lowest BCUT2D eigenvalue weighted by Gasteiger charge is -2.19. The predicted molar refractivity (Wildman–Crippen MR) is 254 cm³/mol. The Hall–Kier alpha value is -7.72. The number of carbonyl (C=O) groups is 6. The van der Waals surface area contributed by atoms with Gasteiger partial charge in [-0.3, -0.25) is 9.35 Å². The number of ether oxygens (including phenoxy) is 1. The third-order valence-corrected chi connectivity index (χ3v) is 11.4. The van der Waals surface area contributed by atoms with E-state index in [0.29, 0.717) is 7.14 Å². The van der Waals surface area contributed by atoms with Crippen molar-refractivity contribution >= 4 is 143 Å². The minimum Gasteiger partial charge on any atom is -0.506 e. The molecule has 5 aromatic rings. The fraction of sp³-hybridized carbons (Fsp3) is 0.154. The van der Waals surface area contributed by atoms with Gasteiger partial charge in [0.05, 0.1) is 63.3 Å². The van der Waals surface area contributed by atoms with Gasteiger partial charge in [-0.05, 0) is 107 Å². The molecule has 11 N–H and O–H groups in total. The summed E-state index contributed by atoms with van der Waals surface area (Å²) >= 11 is 3.65. The minimum absolute atomic E-state index is 0.0273. The summed E-state index contributed by atoms with van der Waals surface area (Å²) in [5.41, 5.74) is -1.78. The summed E-state index contributed by atoms with van der Waals surface area (Å²) in [6, 6.07) is 9.51. The second-order valence-corrected chi connectivity index (χ2v) is 17.8. The first-order valence-electron chi connectivity index (χ1n) is 18.9. The molecular weight excluding hydrogens is 1170 g/mol. The zero-order valence-electron chi connectivity index (χ0n) is 34.6. The summed E-state index contributed by atoms with van der Waals surface area (Å²) in [6.45, 7) is 0.783. The van der Waals surface area contributed by atoms with E-state index in [4.69, 9.17) is 4.74 Å². The molecule has 0 fully saturated rings. The summed E-state index contributed by atoms with van der Waals surface area (Å²) in [7, 11) is -4.40. The van der Waals surface area contributed by atoms with Crippen LogP contribution in [0.5, 0.6) is 11.5 Å². The van der Waals surface area contributed by atoms with Gasteiger partial charge in [-0.15, -0.1) is 10.2 Å². The Morgan fingerprint density at radius 3 is 1.49 bits per heavy atom. The molecule has 1 heterocycles. The number of aromatic nitrogens is 3. The average molecular weight is 1200 g/mol. The van der Waals surface area contributed by atoms with E-state index >= 15 is 0 Å². The number of aromatic hydroxyl groups is 1. The quantitative estimate of drug-likeness (QED) is 0.0108. The Morgan fingerprint density at radius 2 is 1.06 bits per heavy atom. The van der Waals surface area contributed by atoms with E-state index in [9.17, 15) is 77.5 Å². The molecular formula is C39H32I2N10O17S. The second kappa shape index (κ2) is 22.4.